The number of hydrogen-bond donors (Lipinski definition) is 1. The van der Waals surface area contributed by atoms with Gasteiger partial charge >= 0.3 is 0 Å². The van der Waals surface area contributed by atoms with E-state index in [1.807, 2.05) is 0 Å². The number of rotatable bonds is 10. The largest absolute Gasteiger partial charge is 0.389 e. The molecule has 2 aromatic heterocycles. The summed E-state index contributed by atoms with van der Waals surface area (Å²) < 4.78 is 75.3. The van der Waals surface area contributed by atoms with Gasteiger partial charge in [-0.2, -0.15) is 0 Å². The van der Waals surface area contributed by atoms with Crippen LogP contribution in [0.1, 0.15) is 56.6 Å². The number of aliphatic hydroxyl groups excluding tert-OH is 1. The van der Waals surface area contributed by atoms with Gasteiger partial charge in [0.1, 0.15) is 21.4 Å². The summed E-state index contributed by atoms with van der Waals surface area (Å²) in [5.41, 5.74) is 2.43. The second-order valence-electron chi connectivity index (χ2n) is 15.1. The Kier molecular flexibility index (Phi) is 13.5. The zero-order valence-electron chi connectivity index (χ0n) is 33.1. The first-order chi connectivity index (χ1) is 26.8. The van der Waals surface area contributed by atoms with Crippen LogP contribution < -0.4 is 19.6 Å². The van der Waals surface area contributed by atoms with Gasteiger partial charge in [-0.3, -0.25) is 4.79 Å². The first kappa shape index (κ1) is 43.3. The molecular weight excluding hydrogens is 779 g/mol. The summed E-state index contributed by atoms with van der Waals surface area (Å²) in [7, 11) is -7.29. The molecule has 0 saturated carbocycles. The number of carbonyl (C=O) groups excluding carboxylic acids is 1. The van der Waals surface area contributed by atoms with E-state index < -0.39 is 37.4 Å². The van der Waals surface area contributed by atoms with Crippen LogP contribution in [0.5, 0.6) is 0 Å². The summed E-state index contributed by atoms with van der Waals surface area (Å²) in [6.45, 7) is 13.8. The van der Waals surface area contributed by atoms with Gasteiger partial charge in [0.2, 0.25) is 11.9 Å². The van der Waals surface area contributed by atoms with Gasteiger partial charge in [-0.1, -0.05) is 27.7 Å². The van der Waals surface area contributed by atoms with Crippen molar-refractivity contribution >= 4 is 49.2 Å². The average Bonchev–Trinajstić information content (AvgIpc) is 3.17. The number of carbonyl (C=O) groups is 1. The molecule has 2 aliphatic rings. The van der Waals surface area contributed by atoms with Crippen LogP contribution in [0, 0.1) is 23.5 Å². The van der Waals surface area contributed by atoms with Crippen molar-refractivity contribution in [2.45, 2.75) is 62.6 Å². The van der Waals surface area contributed by atoms with E-state index in [0.717, 1.165) is 12.5 Å². The van der Waals surface area contributed by atoms with Crippen molar-refractivity contribution in [3.63, 3.8) is 0 Å². The first-order valence-electron chi connectivity index (χ1n) is 18.6. The molecule has 2 fully saturated rings. The number of aromatic nitrogens is 4. The second kappa shape index (κ2) is 17.8. The summed E-state index contributed by atoms with van der Waals surface area (Å²) in [5, 5.41) is 9.66. The molecule has 1 unspecified atom stereocenters. The minimum atomic E-state index is -3.65. The average molecular weight is 829 g/mol. The maximum atomic E-state index is 14.0. The van der Waals surface area contributed by atoms with E-state index in [-0.39, 0.29) is 33.7 Å². The van der Waals surface area contributed by atoms with Crippen LogP contribution in [0.4, 0.5) is 32.1 Å². The lowest BCUT2D eigenvalue weighted by Crippen LogP contribution is -2.56. The maximum Gasteiger partial charge on any atom is 0.225 e. The molecule has 0 aliphatic carbocycles. The Labute approximate surface area is 333 Å². The van der Waals surface area contributed by atoms with Gasteiger partial charge in [0.05, 0.1) is 23.8 Å². The van der Waals surface area contributed by atoms with Crippen LogP contribution in [0.2, 0.25) is 0 Å². The number of piperazine rings is 2. The van der Waals surface area contributed by atoms with Crippen molar-refractivity contribution in [3.8, 4) is 0 Å². The Morgan fingerprint density at radius 2 is 1.05 bits per heavy atom. The molecule has 4 heterocycles. The number of aliphatic hydroxyl groups is 1. The van der Waals surface area contributed by atoms with Crippen LogP contribution in [0.3, 0.4) is 0 Å². The van der Waals surface area contributed by atoms with Crippen LogP contribution in [-0.2, 0) is 19.7 Å². The standard InChI is InChI=1S/C20H27FN4O3S.C19H23FN4O3S/c1-13(2)18-12-24(16-5-6-17(21)19(9-16)29(4,27)28)7-8-25(18)20-22-10-15(11-23-20)14(3)26;1-13(2)17-11-23(15-4-5-16(20)18(8-15)28(3,26)27)6-7-24(17)19-21-9-14(12-25)10-22-19/h5-6,9-11,13-14,18,26H,7-8,12H2,1-4H3;4-5,8-10,12-13,17H,6-7,11H2,1-3H3/t14?,18-;17-/m00/s1. The molecule has 2 saturated heterocycles. The van der Waals surface area contributed by atoms with Crippen molar-refractivity contribution in [1.29, 1.82) is 0 Å². The minimum absolute atomic E-state index is 0.0718. The molecule has 14 nitrogen and oxygen atoms in total. The number of hydrogen-bond acceptors (Lipinski definition) is 14. The normalized spacial score (nSPS) is 18.4. The number of aldehydes is 1. The fourth-order valence-corrected chi connectivity index (χ4v) is 8.42. The fourth-order valence-electron chi connectivity index (χ4n) is 6.91. The Hall–Kier alpha value is -4.81. The molecule has 308 valence electrons. The minimum Gasteiger partial charge on any atom is -0.389 e. The quantitative estimate of drug-likeness (QED) is 0.220. The van der Waals surface area contributed by atoms with Gasteiger partial charge in [0, 0.05) is 93.5 Å². The van der Waals surface area contributed by atoms with E-state index in [1.54, 1.807) is 31.5 Å². The number of anilines is 4. The molecule has 0 amide bonds. The zero-order valence-corrected chi connectivity index (χ0v) is 34.8. The smallest absolute Gasteiger partial charge is 0.225 e. The Morgan fingerprint density at radius 1 is 0.667 bits per heavy atom. The molecule has 1 N–H and O–H groups in total. The number of nitrogens with zero attached hydrogens (tertiary/aromatic N) is 8. The summed E-state index contributed by atoms with van der Waals surface area (Å²) in [5.74, 6) is 0.235. The van der Waals surface area contributed by atoms with E-state index in [1.165, 1.54) is 36.7 Å². The highest BCUT2D eigenvalue weighted by atomic mass is 32.2. The molecule has 0 bridgehead atoms. The molecule has 2 aliphatic heterocycles. The molecule has 18 heteroatoms. The van der Waals surface area contributed by atoms with E-state index in [4.69, 9.17) is 0 Å². The highest BCUT2D eigenvalue weighted by Gasteiger charge is 2.33. The summed E-state index contributed by atoms with van der Waals surface area (Å²) >= 11 is 0. The van der Waals surface area contributed by atoms with Gasteiger partial charge in [-0.05, 0) is 55.2 Å². The third-order valence-corrected chi connectivity index (χ3v) is 12.4. The molecule has 4 aromatic rings. The summed E-state index contributed by atoms with van der Waals surface area (Å²) in [4.78, 5) is 36.0. The van der Waals surface area contributed by atoms with Gasteiger partial charge in [-0.25, -0.2) is 45.6 Å². The van der Waals surface area contributed by atoms with E-state index in [9.17, 15) is 35.5 Å². The molecule has 6 rings (SSSR count). The topological polar surface area (TPSA) is 170 Å². The SMILES string of the molecule is CC(C)[C@@H]1CN(c2ccc(F)c(S(C)(=O)=O)c2)CCN1c1ncc(C=O)cn1.CC(O)c1cnc(N2CCN(c3ccc(F)c(S(C)(=O)=O)c3)C[C@H]2C(C)C)nc1. The molecule has 3 atom stereocenters. The highest BCUT2D eigenvalue weighted by molar-refractivity contribution is 7.91. The Bertz CT molecular complexity index is 2250. The predicted octanol–water partition coefficient (Wildman–Crippen LogP) is 4.61. The van der Waals surface area contributed by atoms with E-state index in [0.29, 0.717) is 80.0 Å². The molecule has 2 aromatic carbocycles. The monoisotopic (exact) mass is 828 g/mol. The third-order valence-electron chi connectivity index (χ3n) is 10.2. The Morgan fingerprint density at radius 3 is 1.39 bits per heavy atom. The van der Waals surface area contributed by atoms with Crippen LogP contribution in [0.25, 0.3) is 0 Å². The van der Waals surface area contributed by atoms with Crippen molar-refractivity contribution in [2.75, 3.05) is 71.4 Å². The van der Waals surface area contributed by atoms with Crippen molar-refractivity contribution in [3.05, 3.63) is 83.9 Å². The zero-order chi connectivity index (χ0) is 41.8. The first-order valence-corrected chi connectivity index (χ1v) is 22.4. The summed E-state index contributed by atoms with van der Waals surface area (Å²) in [6.07, 6.45) is 8.36. The number of benzene rings is 2. The second-order valence-corrected chi connectivity index (χ2v) is 19.1. The highest BCUT2D eigenvalue weighted by Crippen LogP contribution is 2.30. The Balaban J connectivity index is 0.000000218. The van der Waals surface area contributed by atoms with Gasteiger partial charge in [0.25, 0.3) is 0 Å². The maximum absolute atomic E-state index is 14.0. The fraction of sp³-hybridized carbons (Fsp3) is 0.462. The van der Waals surface area contributed by atoms with Crippen molar-refractivity contribution in [1.82, 2.24) is 19.9 Å². The number of sulfone groups is 2. The lowest BCUT2D eigenvalue weighted by atomic mass is 9.99. The molecular formula is C39H50F2N8O6S2. The van der Waals surface area contributed by atoms with E-state index in [2.05, 4.69) is 67.2 Å². The lowest BCUT2D eigenvalue weighted by Gasteiger charge is -2.44. The third kappa shape index (κ3) is 10.4. The van der Waals surface area contributed by atoms with Crippen LogP contribution >= 0.6 is 0 Å². The summed E-state index contributed by atoms with van der Waals surface area (Å²) in [6, 6.07) is 8.59. The molecule has 0 spiro atoms. The lowest BCUT2D eigenvalue weighted by molar-refractivity contribution is 0.112. The van der Waals surface area contributed by atoms with Gasteiger partial charge < -0.3 is 24.7 Å². The van der Waals surface area contributed by atoms with Crippen molar-refractivity contribution in [2.24, 2.45) is 11.8 Å². The van der Waals surface area contributed by atoms with E-state index >= 15 is 0 Å². The van der Waals surface area contributed by atoms with Crippen molar-refractivity contribution < 1.29 is 35.5 Å². The molecule has 57 heavy (non-hydrogen) atoms. The van der Waals surface area contributed by atoms with Gasteiger partial charge in [-0.15, -0.1) is 0 Å². The molecule has 0 radical (unpaired) electrons. The number of halogens is 2. The van der Waals surface area contributed by atoms with Gasteiger partial charge in [0.15, 0.2) is 26.0 Å². The van der Waals surface area contributed by atoms with Crippen LogP contribution in [0.15, 0.2) is 71.0 Å². The van der Waals surface area contributed by atoms with Crippen LogP contribution in [-0.4, -0.2) is 112 Å². The predicted molar refractivity (Wildman–Crippen MR) is 215 cm³/mol.